The van der Waals surface area contributed by atoms with Crippen molar-refractivity contribution in [3.8, 4) is 23.7 Å². The summed E-state index contributed by atoms with van der Waals surface area (Å²) in [5.74, 6) is 6.65. The minimum absolute atomic E-state index is 0.0694. The number of nitrogens with one attached hydrogen (secondary N) is 1. The maximum absolute atomic E-state index is 12.8. The monoisotopic (exact) mass is 567 g/mol. The van der Waals surface area contributed by atoms with E-state index >= 15 is 0 Å². The van der Waals surface area contributed by atoms with Crippen LogP contribution in [0.5, 0.6) is 5.75 Å². The van der Waals surface area contributed by atoms with Crippen LogP contribution in [-0.4, -0.2) is 71.6 Å². The quantitative estimate of drug-likeness (QED) is 0.226. The summed E-state index contributed by atoms with van der Waals surface area (Å²) in [7, 11) is 1.63. The summed E-state index contributed by atoms with van der Waals surface area (Å²) in [6.45, 7) is 3.60. The van der Waals surface area contributed by atoms with Gasteiger partial charge in [0.15, 0.2) is 0 Å². The topological polar surface area (TPSA) is 111 Å². The van der Waals surface area contributed by atoms with Crippen LogP contribution < -0.4 is 10.1 Å². The Morgan fingerprint density at radius 3 is 2.21 bits per heavy atom. The van der Waals surface area contributed by atoms with Crippen LogP contribution in [0.1, 0.15) is 28.7 Å². The predicted octanol–water partition coefficient (Wildman–Crippen LogP) is 4.50. The SMILES string of the molecule is COCCOCCOCCOCCOc1cc2c(cc1C#Cc1ccccc1)NC(=O)CC(c1cccc(C#N)c1)=N2. The number of nitriles is 1. The maximum atomic E-state index is 12.8. The first-order valence-electron chi connectivity index (χ1n) is 13.6. The molecule has 4 rings (SSSR count). The Kier molecular flexibility index (Phi) is 12.1. The zero-order valence-electron chi connectivity index (χ0n) is 23.6. The third-order valence-corrected chi connectivity index (χ3v) is 6.06. The number of hydrogen-bond acceptors (Lipinski definition) is 8. The van der Waals surface area contributed by atoms with E-state index in [-0.39, 0.29) is 18.9 Å². The van der Waals surface area contributed by atoms with E-state index < -0.39 is 0 Å². The van der Waals surface area contributed by atoms with Crippen LogP contribution in [-0.2, 0) is 23.7 Å². The third-order valence-electron chi connectivity index (χ3n) is 6.06. The van der Waals surface area contributed by atoms with Crippen molar-refractivity contribution in [1.29, 1.82) is 5.26 Å². The normalized spacial score (nSPS) is 12.2. The Labute approximate surface area is 246 Å². The van der Waals surface area contributed by atoms with Crippen molar-refractivity contribution in [2.75, 3.05) is 65.3 Å². The van der Waals surface area contributed by atoms with Gasteiger partial charge in [0.1, 0.15) is 12.4 Å². The van der Waals surface area contributed by atoms with Gasteiger partial charge in [-0.1, -0.05) is 42.2 Å². The Balaban J connectivity index is 1.46. The number of benzene rings is 3. The predicted molar refractivity (Wildman–Crippen MR) is 159 cm³/mol. The van der Waals surface area contributed by atoms with Gasteiger partial charge < -0.3 is 29.0 Å². The molecule has 0 atom stereocenters. The zero-order chi connectivity index (χ0) is 29.4. The van der Waals surface area contributed by atoms with Gasteiger partial charge in [-0.05, 0) is 35.9 Å². The van der Waals surface area contributed by atoms with E-state index in [0.717, 1.165) is 5.56 Å². The molecule has 0 radical (unpaired) electrons. The molecule has 9 heteroatoms. The van der Waals surface area contributed by atoms with Crippen LogP contribution in [0.3, 0.4) is 0 Å². The third kappa shape index (κ3) is 9.55. The molecule has 0 aromatic heterocycles. The number of aliphatic imine (C=N–C) groups is 1. The molecule has 0 unspecified atom stereocenters. The molecule has 1 aliphatic rings. The fraction of sp³-hybridized carbons (Fsp3) is 0.303. The molecule has 0 saturated carbocycles. The molecular weight excluding hydrogens is 534 g/mol. The van der Waals surface area contributed by atoms with Gasteiger partial charge in [-0.25, -0.2) is 4.99 Å². The lowest BCUT2D eigenvalue weighted by Crippen LogP contribution is -2.15. The number of methoxy groups -OCH3 is 1. The lowest BCUT2D eigenvalue weighted by Gasteiger charge is -2.13. The van der Waals surface area contributed by atoms with Gasteiger partial charge in [0.25, 0.3) is 0 Å². The molecular formula is C33H33N3O6. The van der Waals surface area contributed by atoms with E-state index in [9.17, 15) is 10.1 Å². The van der Waals surface area contributed by atoms with Gasteiger partial charge in [0.2, 0.25) is 5.91 Å². The number of hydrogen-bond donors (Lipinski definition) is 1. The Bertz CT molecular complexity index is 1470. The summed E-state index contributed by atoms with van der Waals surface area (Å²) in [4.78, 5) is 17.6. The molecule has 0 bridgehead atoms. The van der Waals surface area contributed by atoms with Crippen LogP contribution in [0.25, 0.3) is 0 Å². The molecule has 3 aromatic rings. The molecule has 1 aliphatic heterocycles. The molecule has 42 heavy (non-hydrogen) atoms. The zero-order valence-corrected chi connectivity index (χ0v) is 23.6. The van der Waals surface area contributed by atoms with Gasteiger partial charge in [-0.15, -0.1) is 0 Å². The van der Waals surface area contributed by atoms with Gasteiger partial charge in [0, 0.05) is 18.7 Å². The second kappa shape index (κ2) is 16.7. The number of nitrogens with zero attached hydrogens (tertiary/aromatic N) is 2. The van der Waals surface area contributed by atoms with Crippen LogP contribution in [0.15, 0.2) is 71.7 Å². The van der Waals surface area contributed by atoms with Gasteiger partial charge in [-0.3, -0.25) is 4.79 Å². The summed E-state index contributed by atoms with van der Waals surface area (Å²) in [6.07, 6.45) is 0.0694. The Morgan fingerprint density at radius 1 is 0.810 bits per heavy atom. The number of carbonyl (C=O) groups excluding carboxylic acids is 1. The van der Waals surface area contributed by atoms with E-state index in [2.05, 4.69) is 23.2 Å². The summed E-state index contributed by atoms with van der Waals surface area (Å²) in [5.41, 5.74) is 4.31. The molecule has 1 amide bonds. The second-order valence-electron chi connectivity index (χ2n) is 9.14. The van der Waals surface area contributed by atoms with Crippen molar-refractivity contribution >= 4 is 23.0 Å². The number of fused-ring (bicyclic) bond motifs is 1. The number of carbonyl (C=O) groups is 1. The van der Waals surface area contributed by atoms with Crippen molar-refractivity contribution in [3.05, 3.63) is 89.0 Å². The average molecular weight is 568 g/mol. The molecule has 0 spiro atoms. The Hall–Kier alpha value is -4.51. The summed E-state index contributed by atoms with van der Waals surface area (Å²) >= 11 is 0. The Morgan fingerprint density at radius 2 is 1.50 bits per heavy atom. The lowest BCUT2D eigenvalue weighted by atomic mass is 10.0. The van der Waals surface area contributed by atoms with Gasteiger partial charge in [0.05, 0.1) is 87.0 Å². The van der Waals surface area contributed by atoms with E-state index in [1.54, 1.807) is 37.4 Å². The highest BCUT2D eigenvalue weighted by Gasteiger charge is 2.20. The van der Waals surface area contributed by atoms with Crippen molar-refractivity contribution in [3.63, 3.8) is 0 Å². The number of amides is 1. The van der Waals surface area contributed by atoms with Gasteiger partial charge in [-0.2, -0.15) is 5.26 Å². The van der Waals surface area contributed by atoms with Crippen molar-refractivity contribution in [2.24, 2.45) is 4.99 Å². The molecule has 3 aromatic carbocycles. The summed E-state index contributed by atoms with van der Waals surface area (Å²) in [6, 6.07) is 22.4. The van der Waals surface area contributed by atoms with Gasteiger partial charge >= 0.3 is 0 Å². The number of anilines is 1. The second-order valence-corrected chi connectivity index (χ2v) is 9.14. The van der Waals surface area contributed by atoms with Crippen LogP contribution in [0.4, 0.5) is 11.4 Å². The highest BCUT2D eigenvalue weighted by molar-refractivity contribution is 6.17. The fourth-order valence-corrected chi connectivity index (χ4v) is 4.00. The minimum atomic E-state index is -0.206. The molecule has 9 nitrogen and oxygen atoms in total. The molecule has 1 N–H and O–H groups in total. The average Bonchev–Trinajstić information content (AvgIpc) is 3.18. The first kappa shape index (κ1) is 30.4. The highest BCUT2D eigenvalue weighted by Crippen LogP contribution is 2.36. The first-order chi connectivity index (χ1) is 20.7. The first-order valence-corrected chi connectivity index (χ1v) is 13.6. The van der Waals surface area contributed by atoms with E-state index in [1.807, 2.05) is 36.4 Å². The molecule has 216 valence electrons. The standard InChI is InChI=1S/C33H33N3O6/c1-38-12-13-39-14-15-40-16-17-41-18-19-42-32-22-31-30(21-28(32)11-10-25-6-3-2-4-7-25)36-33(37)23-29(35-31)27-9-5-8-26(20-27)24-34/h2-9,20-22H,12-19,23H2,1H3,(H,36,37). The van der Waals surface area contributed by atoms with Crippen molar-refractivity contribution < 1.29 is 28.5 Å². The lowest BCUT2D eigenvalue weighted by molar-refractivity contribution is -0.115. The van der Waals surface area contributed by atoms with Crippen molar-refractivity contribution in [2.45, 2.75) is 6.42 Å². The smallest absolute Gasteiger partial charge is 0.230 e. The van der Waals surface area contributed by atoms with Crippen molar-refractivity contribution in [1.82, 2.24) is 0 Å². The number of ether oxygens (including phenoxy) is 5. The largest absolute Gasteiger partial charge is 0.490 e. The minimum Gasteiger partial charge on any atom is -0.490 e. The summed E-state index contributed by atoms with van der Waals surface area (Å²) in [5, 5.41) is 12.2. The van der Waals surface area contributed by atoms with E-state index in [4.69, 9.17) is 28.7 Å². The molecule has 0 saturated heterocycles. The van der Waals surface area contributed by atoms with E-state index in [1.165, 1.54) is 0 Å². The summed E-state index contributed by atoms with van der Waals surface area (Å²) < 4.78 is 27.5. The maximum Gasteiger partial charge on any atom is 0.230 e. The molecule has 0 aliphatic carbocycles. The fourth-order valence-electron chi connectivity index (χ4n) is 4.00. The van der Waals surface area contributed by atoms with Crippen LogP contribution >= 0.6 is 0 Å². The molecule has 1 heterocycles. The van der Waals surface area contributed by atoms with Crippen LogP contribution in [0, 0.1) is 23.2 Å². The van der Waals surface area contributed by atoms with Crippen LogP contribution in [0.2, 0.25) is 0 Å². The molecule has 0 fully saturated rings. The van der Waals surface area contributed by atoms with E-state index in [0.29, 0.717) is 85.8 Å². The highest BCUT2D eigenvalue weighted by atomic mass is 16.6. The number of rotatable bonds is 14.